The van der Waals surface area contributed by atoms with Crippen LogP contribution in [0.25, 0.3) is 77.8 Å². The number of pyridine rings is 1. The number of hydrogen-bond donors (Lipinski definition) is 0. The van der Waals surface area contributed by atoms with Crippen LogP contribution in [0.3, 0.4) is 0 Å². The van der Waals surface area contributed by atoms with Gasteiger partial charge in [-0.05, 0) is 80.2 Å². The van der Waals surface area contributed by atoms with E-state index < -0.39 is 0 Å². The summed E-state index contributed by atoms with van der Waals surface area (Å²) >= 11 is 0. The Morgan fingerprint density at radius 3 is 1.87 bits per heavy atom. The normalized spacial score (nSPS) is 13.1. The molecule has 0 amide bonds. The summed E-state index contributed by atoms with van der Waals surface area (Å²) in [5.74, 6) is 0.699. The number of benzene rings is 6. The van der Waals surface area contributed by atoms with Crippen LogP contribution in [0.4, 0.5) is 0 Å². The van der Waals surface area contributed by atoms with Crippen LogP contribution in [0.15, 0.2) is 152 Å². The Morgan fingerprint density at radius 1 is 0.426 bits per heavy atom. The monoisotopic (exact) mass is 601 g/mol. The van der Waals surface area contributed by atoms with Gasteiger partial charge in [-0.15, -0.1) is 0 Å². The largest absolute Gasteiger partial charge is 0.256 e. The van der Waals surface area contributed by atoms with Crippen molar-refractivity contribution in [2.24, 2.45) is 0 Å². The molecule has 0 bridgehead atoms. The van der Waals surface area contributed by atoms with Gasteiger partial charge in [0, 0.05) is 33.9 Å². The molecule has 0 saturated carbocycles. The van der Waals surface area contributed by atoms with Gasteiger partial charge in [-0.2, -0.15) is 0 Å². The lowest BCUT2D eigenvalue weighted by atomic mass is 9.81. The third kappa shape index (κ3) is 4.54. The highest BCUT2D eigenvalue weighted by atomic mass is 14.9. The smallest absolute Gasteiger partial charge is 0.160 e. The lowest BCUT2D eigenvalue weighted by molar-refractivity contribution is 0.661. The second-order valence-corrected chi connectivity index (χ2v) is 12.9. The fraction of sp³-hybridized carbons (Fsp3) is 0.0682. The lowest BCUT2D eigenvalue weighted by Gasteiger charge is -2.22. The fourth-order valence-electron chi connectivity index (χ4n) is 7.22. The Labute approximate surface area is 274 Å². The van der Waals surface area contributed by atoms with E-state index >= 15 is 0 Å². The summed E-state index contributed by atoms with van der Waals surface area (Å²) in [6, 6.07) is 51.7. The van der Waals surface area contributed by atoms with Gasteiger partial charge >= 0.3 is 0 Å². The zero-order valence-corrected chi connectivity index (χ0v) is 26.3. The molecular formula is C44H31N3. The van der Waals surface area contributed by atoms with Crippen LogP contribution in [0.2, 0.25) is 0 Å². The molecule has 6 aromatic carbocycles. The van der Waals surface area contributed by atoms with Crippen LogP contribution in [0.5, 0.6) is 0 Å². The van der Waals surface area contributed by atoms with Crippen molar-refractivity contribution in [2.45, 2.75) is 19.3 Å². The highest BCUT2D eigenvalue weighted by molar-refractivity contribution is 6.10. The van der Waals surface area contributed by atoms with Gasteiger partial charge in [0.15, 0.2) is 5.82 Å². The van der Waals surface area contributed by atoms with E-state index in [1.807, 2.05) is 30.5 Å². The summed E-state index contributed by atoms with van der Waals surface area (Å²) < 4.78 is 0. The van der Waals surface area contributed by atoms with E-state index in [1.54, 1.807) is 0 Å². The minimum atomic E-state index is -0.0385. The van der Waals surface area contributed by atoms with Crippen LogP contribution in [-0.4, -0.2) is 15.0 Å². The molecule has 0 N–H and O–H groups in total. The molecule has 222 valence electrons. The number of aromatic nitrogens is 3. The molecule has 0 unspecified atom stereocenters. The Hall–Kier alpha value is -5.93. The zero-order valence-electron chi connectivity index (χ0n) is 26.3. The summed E-state index contributed by atoms with van der Waals surface area (Å²) in [6.45, 7) is 4.69. The maximum atomic E-state index is 5.13. The van der Waals surface area contributed by atoms with Crippen molar-refractivity contribution in [3.05, 3.63) is 163 Å². The second kappa shape index (κ2) is 10.6. The Bertz CT molecular complexity index is 2460. The Morgan fingerprint density at radius 2 is 1.09 bits per heavy atom. The quantitative estimate of drug-likeness (QED) is 0.188. The summed E-state index contributed by atoms with van der Waals surface area (Å²) in [7, 11) is 0. The van der Waals surface area contributed by atoms with Crippen molar-refractivity contribution in [3.63, 3.8) is 0 Å². The molecule has 0 atom stereocenters. The first-order chi connectivity index (χ1) is 23.0. The first kappa shape index (κ1) is 27.4. The molecule has 1 aliphatic rings. The van der Waals surface area contributed by atoms with E-state index in [4.69, 9.17) is 9.97 Å². The third-order valence-corrected chi connectivity index (χ3v) is 9.73. The van der Waals surface area contributed by atoms with Crippen LogP contribution in [0.1, 0.15) is 25.0 Å². The molecular weight excluding hydrogens is 571 g/mol. The first-order valence-electron chi connectivity index (χ1n) is 16.1. The predicted octanol–water partition coefficient (Wildman–Crippen LogP) is 11.2. The van der Waals surface area contributed by atoms with Crippen LogP contribution in [-0.2, 0) is 5.41 Å². The van der Waals surface area contributed by atoms with Crippen LogP contribution in [0, 0.1) is 0 Å². The summed E-state index contributed by atoms with van der Waals surface area (Å²) in [5, 5.41) is 5.00. The van der Waals surface area contributed by atoms with Crippen molar-refractivity contribution < 1.29 is 0 Å². The molecule has 1 aliphatic carbocycles. The predicted molar refractivity (Wildman–Crippen MR) is 194 cm³/mol. The van der Waals surface area contributed by atoms with Gasteiger partial charge < -0.3 is 0 Å². The van der Waals surface area contributed by atoms with Crippen LogP contribution >= 0.6 is 0 Å². The van der Waals surface area contributed by atoms with Gasteiger partial charge in [0.1, 0.15) is 0 Å². The van der Waals surface area contributed by atoms with E-state index in [9.17, 15) is 0 Å². The van der Waals surface area contributed by atoms with Crippen molar-refractivity contribution >= 4 is 21.5 Å². The Kier molecular flexibility index (Phi) is 6.16. The molecule has 0 aliphatic heterocycles. The molecule has 2 heterocycles. The maximum absolute atomic E-state index is 5.13. The lowest BCUT2D eigenvalue weighted by Crippen LogP contribution is -2.14. The maximum Gasteiger partial charge on any atom is 0.160 e. The minimum absolute atomic E-state index is 0.0385. The highest BCUT2D eigenvalue weighted by Crippen LogP contribution is 2.50. The minimum Gasteiger partial charge on any atom is -0.256 e. The third-order valence-electron chi connectivity index (χ3n) is 9.73. The number of rotatable bonds is 4. The van der Waals surface area contributed by atoms with Gasteiger partial charge in [-0.1, -0.05) is 123 Å². The first-order valence-corrected chi connectivity index (χ1v) is 16.1. The molecule has 9 rings (SSSR count). The van der Waals surface area contributed by atoms with Gasteiger partial charge in [0.2, 0.25) is 0 Å². The van der Waals surface area contributed by atoms with Gasteiger partial charge in [-0.3, -0.25) is 4.98 Å². The number of hydrogen-bond acceptors (Lipinski definition) is 3. The average molecular weight is 602 g/mol. The fourth-order valence-corrected chi connectivity index (χ4v) is 7.22. The SMILES string of the molecule is CC1(C)c2ccccc2-c2cc3ccc4cc(-c5cc(-c6ccccc6)nc(-c6ccc(-c7ccccn7)cc6)n5)ccc4c3cc21. The summed E-state index contributed by atoms with van der Waals surface area (Å²) in [6.07, 6.45) is 1.82. The van der Waals surface area contributed by atoms with Gasteiger partial charge in [0.05, 0.1) is 17.1 Å². The van der Waals surface area contributed by atoms with Gasteiger partial charge in [-0.25, -0.2) is 9.97 Å². The zero-order chi connectivity index (χ0) is 31.5. The molecule has 0 saturated heterocycles. The van der Waals surface area contributed by atoms with E-state index in [1.165, 1.54) is 43.8 Å². The summed E-state index contributed by atoms with van der Waals surface area (Å²) in [4.78, 5) is 14.7. The van der Waals surface area contributed by atoms with Crippen LogP contribution < -0.4 is 0 Å². The molecule has 0 spiro atoms. The van der Waals surface area contributed by atoms with Crippen molar-refractivity contribution in [1.82, 2.24) is 15.0 Å². The van der Waals surface area contributed by atoms with E-state index in [2.05, 4.69) is 140 Å². The highest BCUT2D eigenvalue weighted by Gasteiger charge is 2.35. The number of fused-ring (bicyclic) bond motifs is 6. The molecule has 3 heteroatoms. The molecule has 0 radical (unpaired) electrons. The average Bonchev–Trinajstić information content (AvgIpc) is 3.36. The Balaban J connectivity index is 1.16. The standard InChI is InChI=1S/C44H31N3/c1-44(2)38-13-7-6-12-35(38)37-25-32-20-19-31-24-33(21-22-34(31)36(32)26-39(37)44)42-27-41(28-10-4-3-5-11-28)46-43(47-42)30-17-15-29(16-18-30)40-14-8-9-23-45-40/h3-27H,1-2H3. The molecule has 47 heavy (non-hydrogen) atoms. The topological polar surface area (TPSA) is 38.7 Å². The van der Waals surface area contributed by atoms with E-state index in [-0.39, 0.29) is 5.41 Å². The second-order valence-electron chi connectivity index (χ2n) is 12.9. The summed E-state index contributed by atoms with van der Waals surface area (Å²) in [5.41, 5.74) is 12.4. The molecule has 3 nitrogen and oxygen atoms in total. The van der Waals surface area contributed by atoms with Crippen molar-refractivity contribution in [2.75, 3.05) is 0 Å². The van der Waals surface area contributed by atoms with Crippen molar-refractivity contribution in [3.8, 4) is 56.3 Å². The van der Waals surface area contributed by atoms with E-state index in [0.29, 0.717) is 5.82 Å². The molecule has 2 aromatic heterocycles. The van der Waals surface area contributed by atoms with Gasteiger partial charge in [0.25, 0.3) is 0 Å². The molecule has 8 aromatic rings. The number of nitrogens with zero attached hydrogens (tertiary/aromatic N) is 3. The van der Waals surface area contributed by atoms with E-state index in [0.717, 1.165) is 39.3 Å². The molecule has 0 fully saturated rings. The van der Waals surface area contributed by atoms with Crippen molar-refractivity contribution in [1.29, 1.82) is 0 Å².